The molecule has 1 saturated heterocycles. The number of benzene rings is 1. The number of carbonyl (C=O) groups excluding carboxylic acids is 1. The smallest absolute Gasteiger partial charge is 0.226 e. The Morgan fingerprint density at radius 1 is 1.20 bits per heavy atom. The lowest BCUT2D eigenvalue weighted by Crippen LogP contribution is -2.35. The van der Waals surface area contributed by atoms with Gasteiger partial charge in [0, 0.05) is 37.8 Å². The molecule has 1 aromatic heterocycles. The van der Waals surface area contributed by atoms with Crippen molar-refractivity contribution in [3.63, 3.8) is 0 Å². The molecule has 0 bridgehead atoms. The van der Waals surface area contributed by atoms with E-state index >= 15 is 0 Å². The maximum absolute atomic E-state index is 13.2. The highest BCUT2D eigenvalue weighted by atomic mass is 16.6. The predicted octanol–water partition coefficient (Wildman–Crippen LogP) is 4.22. The summed E-state index contributed by atoms with van der Waals surface area (Å²) in [5.41, 5.74) is 2.02. The van der Waals surface area contributed by atoms with Gasteiger partial charge in [-0.3, -0.25) is 9.78 Å². The minimum absolute atomic E-state index is 0.0218. The van der Waals surface area contributed by atoms with Crippen LogP contribution in [-0.2, 0) is 22.6 Å². The lowest BCUT2D eigenvalue weighted by Gasteiger charge is -2.27. The van der Waals surface area contributed by atoms with Crippen LogP contribution in [0.25, 0.3) is 0 Å². The molecule has 1 aliphatic heterocycles. The number of ether oxygens (including phenoxy) is 3. The van der Waals surface area contributed by atoms with Gasteiger partial charge in [-0.2, -0.15) is 0 Å². The number of hydrogen-bond acceptors (Lipinski definition) is 5. The number of nitrogens with zero attached hydrogens (tertiary/aromatic N) is 2. The minimum atomic E-state index is 0.0218. The van der Waals surface area contributed by atoms with E-state index in [0.717, 1.165) is 37.0 Å². The summed E-state index contributed by atoms with van der Waals surface area (Å²) in [6.07, 6.45) is 6.16. The molecule has 0 aliphatic carbocycles. The van der Waals surface area contributed by atoms with Crippen LogP contribution in [0, 0.1) is 5.92 Å². The van der Waals surface area contributed by atoms with Crippen LogP contribution in [0.3, 0.4) is 0 Å². The number of aromatic nitrogens is 1. The number of carbonyl (C=O) groups is 1. The molecule has 1 fully saturated rings. The number of amides is 1. The van der Waals surface area contributed by atoms with E-state index < -0.39 is 0 Å². The topological polar surface area (TPSA) is 60.9 Å². The zero-order valence-electron chi connectivity index (χ0n) is 18.2. The van der Waals surface area contributed by atoms with Crippen LogP contribution in [0.1, 0.15) is 44.2 Å². The Hall–Kier alpha value is -2.60. The summed E-state index contributed by atoms with van der Waals surface area (Å²) in [4.78, 5) is 19.3. The Bertz CT molecular complexity index is 802. The molecule has 1 amide bonds. The van der Waals surface area contributed by atoms with Gasteiger partial charge in [0.1, 0.15) is 6.10 Å². The molecule has 0 saturated carbocycles. The zero-order valence-corrected chi connectivity index (χ0v) is 18.2. The molecule has 30 heavy (non-hydrogen) atoms. The number of methoxy groups -OCH3 is 1. The average molecular weight is 413 g/mol. The fourth-order valence-electron chi connectivity index (χ4n) is 3.73. The molecule has 2 heterocycles. The van der Waals surface area contributed by atoms with Gasteiger partial charge >= 0.3 is 0 Å². The van der Waals surface area contributed by atoms with Gasteiger partial charge in [-0.05, 0) is 42.2 Å². The molecule has 162 valence electrons. The van der Waals surface area contributed by atoms with Crippen LogP contribution < -0.4 is 9.47 Å². The molecular weight excluding hydrogens is 380 g/mol. The first kappa shape index (κ1) is 22.1. The Balaban J connectivity index is 1.79. The van der Waals surface area contributed by atoms with Gasteiger partial charge < -0.3 is 19.1 Å². The Morgan fingerprint density at radius 3 is 2.63 bits per heavy atom. The fourth-order valence-corrected chi connectivity index (χ4v) is 3.73. The van der Waals surface area contributed by atoms with Crippen molar-refractivity contribution >= 4 is 5.91 Å². The van der Waals surface area contributed by atoms with Crippen molar-refractivity contribution in [3.05, 3.63) is 53.9 Å². The standard InChI is InChI=1S/C24H32N2O4/c1-4-20(5-2)24(27)26(16-19-7-6-11-25-14-19)15-18-8-9-22(23(13-18)28-3)30-21-10-12-29-17-21/h6-9,11,13-14,20-21H,4-5,10,12,15-17H2,1-3H3/t21-/m0/s1. The maximum atomic E-state index is 13.2. The fraction of sp³-hybridized carbons (Fsp3) is 0.500. The molecule has 0 radical (unpaired) electrons. The van der Waals surface area contributed by atoms with Crippen molar-refractivity contribution < 1.29 is 19.0 Å². The molecule has 0 N–H and O–H groups in total. The molecule has 0 spiro atoms. The Labute approximate surface area is 179 Å². The first-order valence-corrected chi connectivity index (χ1v) is 10.7. The number of hydrogen-bond donors (Lipinski definition) is 0. The van der Waals surface area contributed by atoms with Crippen molar-refractivity contribution in [1.29, 1.82) is 0 Å². The van der Waals surface area contributed by atoms with E-state index in [2.05, 4.69) is 18.8 Å². The maximum Gasteiger partial charge on any atom is 0.226 e. The van der Waals surface area contributed by atoms with Crippen molar-refractivity contribution in [1.82, 2.24) is 9.88 Å². The molecule has 0 unspecified atom stereocenters. The number of rotatable bonds is 10. The van der Waals surface area contributed by atoms with Crippen molar-refractivity contribution in [2.75, 3.05) is 20.3 Å². The summed E-state index contributed by atoms with van der Waals surface area (Å²) in [5, 5.41) is 0. The van der Waals surface area contributed by atoms with Gasteiger partial charge in [-0.1, -0.05) is 26.0 Å². The highest BCUT2D eigenvalue weighted by Crippen LogP contribution is 2.31. The molecule has 6 heteroatoms. The lowest BCUT2D eigenvalue weighted by molar-refractivity contribution is -0.137. The summed E-state index contributed by atoms with van der Waals surface area (Å²) in [5.74, 6) is 1.58. The third-order valence-corrected chi connectivity index (χ3v) is 5.53. The predicted molar refractivity (Wildman–Crippen MR) is 115 cm³/mol. The molecule has 1 atom stereocenters. The van der Waals surface area contributed by atoms with Gasteiger partial charge in [0.25, 0.3) is 0 Å². The lowest BCUT2D eigenvalue weighted by atomic mass is 10.0. The molecular formula is C24H32N2O4. The van der Waals surface area contributed by atoms with Crippen LogP contribution in [0.5, 0.6) is 11.5 Å². The highest BCUT2D eigenvalue weighted by Gasteiger charge is 2.23. The second-order valence-electron chi connectivity index (χ2n) is 7.66. The third-order valence-electron chi connectivity index (χ3n) is 5.53. The van der Waals surface area contributed by atoms with Gasteiger partial charge in [0.05, 0.1) is 20.3 Å². The molecule has 2 aromatic rings. The monoisotopic (exact) mass is 412 g/mol. The summed E-state index contributed by atoms with van der Waals surface area (Å²) in [6, 6.07) is 9.79. The Kier molecular flexibility index (Phi) is 8.08. The average Bonchev–Trinajstić information content (AvgIpc) is 3.29. The normalized spacial score (nSPS) is 15.9. The quantitative estimate of drug-likeness (QED) is 0.585. The van der Waals surface area contributed by atoms with E-state index in [1.54, 1.807) is 13.3 Å². The van der Waals surface area contributed by atoms with Gasteiger partial charge in [-0.15, -0.1) is 0 Å². The minimum Gasteiger partial charge on any atom is -0.493 e. The summed E-state index contributed by atoms with van der Waals surface area (Å²) < 4.78 is 17.0. The largest absolute Gasteiger partial charge is 0.493 e. The van der Waals surface area contributed by atoms with Crippen molar-refractivity contribution in [2.45, 2.75) is 52.3 Å². The van der Waals surface area contributed by atoms with E-state index in [1.165, 1.54) is 0 Å². The van der Waals surface area contributed by atoms with Crippen molar-refractivity contribution in [3.8, 4) is 11.5 Å². The molecule has 6 nitrogen and oxygen atoms in total. The summed E-state index contributed by atoms with van der Waals surface area (Å²) >= 11 is 0. The summed E-state index contributed by atoms with van der Waals surface area (Å²) in [6.45, 7) is 6.50. The van der Waals surface area contributed by atoms with E-state index in [1.807, 2.05) is 41.4 Å². The second-order valence-corrected chi connectivity index (χ2v) is 7.66. The van der Waals surface area contributed by atoms with Crippen LogP contribution >= 0.6 is 0 Å². The van der Waals surface area contributed by atoms with Gasteiger partial charge in [-0.25, -0.2) is 0 Å². The van der Waals surface area contributed by atoms with Crippen molar-refractivity contribution in [2.24, 2.45) is 5.92 Å². The van der Waals surface area contributed by atoms with E-state index in [9.17, 15) is 4.79 Å². The van der Waals surface area contributed by atoms with E-state index in [4.69, 9.17) is 14.2 Å². The Morgan fingerprint density at radius 2 is 2.00 bits per heavy atom. The third kappa shape index (κ3) is 5.72. The highest BCUT2D eigenvalue weighted by molar-refractivity contribution is 5.78. The first-order valence-electron chi connectivity index (χ1n) is 10.7. The zero-order chi connectivity index (χ0) is 21.3. The molecule has 1 aliphatic rings. The first-order chi connectivity index (χ1) is 14.6. The molecule has 1 aromatic carbocycles. The van der Waals surface area contributed by atoms with E-state index in [0.29, 0.717) is 31.2 Å². The van der Waals surface area contributed by atoms with Crippen LogP contribution in [0.2, 0.25) is 0 Å². The molecule has 3 rings (SSSR count). The van der Waals surface area contributed by atoms with Crippen LogP contribution in [0.15, 0.2) is 42.7 Å². The van der Waals surface area contributed by atoms with Gasteiger partial charge in [0.2, 0.25) is 5.91 Å². The number of pyridine rings is 1. The summed E-state index contributed by atoms with van der Waals surface area (Å²) in [7, 11) is 1.64. The second kappa shape index (κ2) is 11.0. The van der Waals surface area contributed by atoms with E-state index in [-0.39, 0.29) is 17.9 Å². The van der Waals surface area contributed by atoms with Gasteiger partial charge in [0.15, 0.2) is 11.5 Å². The van der Waals surface area contributed by atoms with Crippen LogP contribution in [0.4, 0.5) is 0 Å². The van der Waals surface area contributed by atoms with Crippen LogP contribution in [-0.4, -0.2) is 42.2 Å². The SMILES string of the molecule is CCC(CC)C(=O)N(Cc1cccnc1)Cc1ccc(O[C@H]2CCOC2)c(OC)c1.